The third-order valence-electron chi connectivity index (χ3n) is 4.39. The first-order chi connectivity index (χ1) is 12.5. The highest BCUT2D eigenvalue weighted by molar-refractivity contribution is 5.46. The van der Waals surface area contributed by atoms with Gasteiger partial charge in [-0.3, -0.25) is 13.8 Å². The fourth-order valence-corrected chi connectivity index (χ4v) is 2.84. The van der Waals surface area contributed by atoms with Crippen molar-refractivity contribution in [3.63, 3.8) is 0 Å². The molecule has 0 radical (unpaired) electrons. The molecular weight excluding hydrogens is 334 g/mol. The number of hydrogen-bond acceptors (Lipinski definition) is 5. The molecule has 1 aliphatic rings. The molecule has 1 fully saturated rings. The van der Waals surface area contributed by atoms with Crippen LogP contribution in [0.2, 0.25) is 0 Å². The molecule has 0 saturated carbocycles. The Balaban J connectivity index is 1.62. The Hall–Kier alpha value is -2.80. The molecule has 0 spiro atoms. The second-order valence-corrected chi connectivity index (χ2v) is 6.71. The van der Waals surface area contributed by atoms with E-state index in [-0.39, 0.29) is 17.6 Å². The highest BCUT2D eigenvalue weighted by Gasteiger charge is 2.20. The Kier molecular flexibility index (Phi) is 4.16. The number of rotatable bonds is 5. The summed E-state index contributed by atoms with van der Waals surface area (Å²) < 4.78 is 20.1. The third kappa shape index (κ3) is 2.94. The van der Waals surface area contributed by atoms with E-state index >= 15 is 0 Å². The quantitative estimate of drug-likeness (QED) is 0.704. The molecule has 1 saturated heterocycles. The molecular formula is C19H21N3O4. The van der Waals surface area contributed by atoms with E-state index < -0.39 is 0 Å². The Morgan fingerprint density at radius 1 is 1.19 bits per heavy atom. The van der Waals surface area contributed by atoms with E-state index in [1.54, 1.807) is 23.8 Å². The normalized spacial score (nSPS) is 14.6. The van der Waals surface area contributed by atoms with Gasteiger partial charge in [-0.05, 0) is 24.3 Å². The second-order valence-electron chi connectivity index (χ2n) is 6.71. The number of fused-ring (bicyclic) bond motifs is 1. The van der Waals surface area contributed by atoms with Gasteiger partial charge < -0.3 is 14.2 Å². The van der Waals surface area contributed by atoms with Crippen LogP contribution in [0.3, 0.4) is 0 Å². The van der Waals surface area contributed by atoms with Crippen molar-refractivity contribution in [2.24, 2.45) is 7.05 Å². The SMILES string of the molecule is CC(C)c1ncc2c(=O)n(C)c(Oc3ccc(OC4COC4)cc3)cn12. The summed E-state index contributed by atoms with van der Waals surface area (Å²) in [6.07, 6.45) is 3.54. The summed E-state index contributed by atoms with van der Waals surface area (Å²) in [5, 5.41) is 0. The molecule has 0 amide bonds. The van der Waals surface area contributed by atoms with Crippen molar-refractivity contribution >= 4 is 5.52 Å². The molecule has 7 nitrogen and oxygen atoms in total. The lowest BCUT2D eigenvalue weighted by molar-refractivity contribution is -0.0796. The highest BCUT2D eigenvalue weighted by atomic mass is 16.6. The van der Waals surface area contributed by atoms with Gasteiger partial charge in [0.15, 0.2) is 0 Å². The van der Waals surface area contributed by atoms with Gasteiger partial charge in [0.1, 0.15) is 28.9 Å². The van der Waals surface area contributed by atoms with Crippen LogP contribution in [0.5, 0.6) is 17.4 Å². The fraction of sp³-hybridized carbons (Fsp3) is 0.368. The molecule has 0 aliphatic carbocycles. The number of ether oxygens (including phenoxy) is 3. The molecule has 0 N–H and O–H groups in total. The summed E-state index contributed by atoms with van der Waals surface area (Å²) in [6, 6.07) is 7.34. The minimum Gasteiger partial charge on any atom is -0.486 e. The van der Waals surface area contributed by atoms with Crippen LogP contribution in [0.15, 0.2) is 41.5 Å². The molecule has 0 atom stereocenters. The van der Waals surface area contributed by atoms with Gasteiger partial charge in [-0.1, -0.05) is 13.8 Å². The first kappa shape index (κ1) is 16.7. The lowest BCUT2D eigenvalue weighted by Gasteiger charge is -2.26. The van der Waals surface area contributed by atoms with Crippen LogP contribution < -0.4 is 15.0 Å². The van der Waals surface area contributed by atoms with Crippen LogP contribution in [0.25, 0.3) is 5.52 Å². The van der Waals surface area contributed by atoms with E-state index in [9.17, 15) is 4.79 Å². The van der Waals surface area contributed by atoms with E-state index in [1.165, 1.54) is 4.57 Å². The minimum absolute atomic E-state index is 0.126. The zero-order chi connectivity index (χ0) is 18.3. The Morgan fingerprint density at radius 2 is 1.88 bits per heavy atom. The number of aromatic nitrogens is 3. The standard InChI is InChI=1S/C19H21N3O4/c1-12(2)18-20-8-16-19(23)21(3)17(9-22(16)18)26-14-6-4-13(5-7-14)25-15-10-24-11-15/h4-9,12,15H,10-11H2,1-3H3. The van der Waals surface area contributed by atoms with Gasteiger partial charge in [-0.25, -0.2) is 4.98 Å². The third-order valence-corrected chi connectivity index (χ3v) is 4.39. The molecule has 0 bridgehead atoms. The summed E-state index contributed by atoms with van der Waals surface area (Å²) in [7, 11) is 1.69. The molecule has 136 valence electrons. The van der Waals surface area contributed by atoms with E-state index in [4.69, 9.17) is 14.2 Å². The molecule has 1 aliphatic heterocycles. The largest absolute Gasteiger partial charge is 0.486 e. The average Bonchev–Trinajstić information content (AvgIpc) is 3.01. The summed E-state index contributed by atoms with van der Waals surface area (Å²) in [5.41, 5.74) is 0.391. The summed E-state index contributed by atoms with van der Waals surface area (Å²) in [6.45, 7) is 5.34. The maximum absolute atomic E-state index is 12.6. The van der Waals surface area contributed by atoms with Crippen LogP contribution in [0, 0.1) is 0 Å². The van der Waals surface area contributed by atoms with Crippen LogP contribution in [-0.4, -0.2) is 33.3 Å². The monoisotopic (exact) mass is 355 g/mol. The van der Waals surface area contributed by atoms with Crippen LogP contribution >= 0.6 is 0 Å². The summed E-state index contributed by atoms with van der Waals surface area (Å²) in [4.78, 5) is 16.9. The zero-order valence-electron chi connectivity index (χ0n) is 15.0. The van der Waals surface area contributed by atoms with Gasteiger partial charge in [0.05, 0.1) is 25.6 Å². The topological polar surface area (TPSA) is 67.0 Å². The van der Waals surface area contributed by atoms with Crippen LogP contribution in [0.4, 0.5) is 0 Å². The Labute approximate surface area is 150 Å². The van der Waals surface area contributed by atoms with Gasteiger partial charge >= 0.3 is 0 Å². The fourth-order valence-electron chi connectivity index (χ4n) is 2.84. The predicted octanol–water partition coefficient (Wildman–Crippen LogP) is 2.73. The summed E-state index contributed by atoms with van der Waals surface area (Å²) in [5.74, 6) is 2.87. The Bertz CT molecular complexity index is 984. The van der Waals surface area contributed by atoms with Gasteiger partial charge in [0, 0.05) is 13.0 Å². The van der Waals surface area contributed by atoms with Crippen molar-refractivity contribution in [2.75, 3.05) is 13.2 Å². The Morgan fingerprint density at radius 3 is 2.50 bits per heavy atom. The van der Waals surface area contributed by atoms with Gasteiger partial charge in [0.25, 0.3) is 5.56 Å². The van der Waals surface area contributed by atoms with Crippen molar-refractivity contribution in [1.82, 2.24) is 14.0 Å². The minimum atomic E-state index is -0.146. The number of nitrogens with zero attached hydrogens (tertiary/aromatic N) is 3. The average molecular weight is 355 g/mol. The zero-order valence-corrected chi connectivity index (χ0v) is 15.0. The predicted molar refractivity (Wildman–Crippen MR) is 96.3 cm³/mol. The van der Waals surface area contributed by atoms with E-state index in [0.29, 0.717) is 30.4 Å². The molecule has 2 aromatic heterocycles. The maximum Gasteiger partial charge on any atom is 0.279 e. The molecule has 7 heteroatoms. The molecule has 26 heavy (non-hydrogen) atoms. The van der Waals surface area contributed by atoms with Crippen LogP contribution in [-0.2, 0) is 11.8 Å². The van der Waals surface area contributed by atoms with Gasteiger partial charge in [-0.2, -0.15) is 0 Å². The van der Waals surface area contributed by atoms with Gasteiger partial charge in [0.2, 0.25) is 5.88 Å². The summed E-state index contributed by atoms with van der Waals surface area (Å²) >= 11 is 0. The number of imidazole rings is 1. The van der Waals surface area contributed by atoms with E-state index in [2.05, 4.69) is 4.98 Å². The van der Waals surface area contributed by atoms with E-state index in [0.717, 1.165) is 11.6 Å². The second kappa shape index (κ2) is 6.49. The molecule has 3 heterocycles. The van der Waals surface area contributed by atoms with Gasteiger partial charge in [-0.15, -0.1) is 0 Å². The van der Waals surface area contributed by atoms with E-state index in [1.807, 2.05) is 38.1 Å². The first-order valence-electron chi connectivity index (χ1n) is 8.62. The number of hydrogen-bond donors (Lipinski definition) is 0. The lowest BCUT2D eigenvalue weighted by Crippen LogP contribution is -2.38. The van der Waals surface area contributed by atoms with Crippen molar-refractivity contribution in [1.29, 1.82) is 0 Å². The molecule has 3 aromatic rings. The molecule has 1 aromatic carbocycles. The highest BCUT2D eigenvalue weighted by Crippen LogP contribution is 2.25. The lowest BCUT2D eigenvalue weighted by atomic mass is 10.2. The smallest absolute Gasteiger partial charge is 0.279 e. The van der Waals surface area contributed by atoms with Crippen molar-refractivity contribution in [2.45, 2.75) is 25.9 Å². The molecule has 4 rings (SSSR count). The maximum atomic E-state index is 12.6. The first-order valence-corrected chi connectivity index (χ1v) is 8.62. The van der Waals surface area contributed by atoms with Crippen molar-refractivity contribution in [3.8, 4) is 17.4 Å². The van der Waals surface area contributed by atoms with Crippen molar-refractivity contribution < 1.29 is 14.2 Å². The number of benzene rings is 1. The van der Waals surface area contributed by atoms with Crippen LogP contribution in [0.1, 0.15) is 25.6 Å². The molecule has 0 unspecified atom stereocenters. The van der Waals surface area contributed by atoms with Crippen molar-refractivity contribution in [3.05, 3.63) is 52.8 Å².